The van der Waals surface area contributed by atoms with Crippen molar-refractivity contribution in [1.29, 1.82) is 0 Å². The minimum atomic E-state index is -0.0727. The molecule has 1 atom stereocenters. The summed E-state index contributed by atoms with van der Waals surface area (Å²) < 4.78 is 0. The van der Waals surface area contributed by atoms with Crippen LogP contribution in [-0.4, -0.2) is 37.1 Å². The Morgan fingerprint density at radius 1 is 1.10 bits per heavy atom. The maximum atomic E-state index is 11.8. The zero-order valence-corrected chi connectivity index (χ0v) is 13.6. The summed E-state index contributed by atoms with van der Waals surface area (Å²) in [6.07, 6.45) is 2.11. The second-order valence-corrected chi connectivity index (χ2v) is 5.14. The summed E-state index contributed by atoms with van der Waals surface area (Å²) in [7, 11) is 0. The Labute approximate surface area is 128 Å². The van der Waals surface area contributed by atoms with E-state index in [4.69, 9.17) is 0 Å². The van der Waals surface area contributed by atoms with Crippen molar-refractivity contribution >= 4 is 6.03 Å². The van der Waals surface area contributed by atoms with Crippen molar-refractivity contribution in [3.63, 3.8) is 0 Å². The van der Waals surface area contributed by atoms with Gasteiger partial charge in [0.25, 0.3) is 0 Å². The summed E-state index contributed by atoms with van der Waals surface area (Å²) >= 11 is 0. The van der Waals surface area contributed by atoms with Gasteiger partial charge < -0.3 is 10.6 Å². The molecule has 4 heteroatoms. The van der Waals surface area contributed by atoms with Gasteiger partial charge in [0, 0.05) is 13.1 Å². The monoisotopic (exact) mass is 291 g/mol. The first kappa shape index (κ1) is 17.5. The highest BCUT2D eigenvalue weighted by Gasteiger charge is 2.18. The van der Waals surface area contributed by atoms with Crippen molar-refractivity contribution in [1.82, 2.24) is 15.5 Å². The Balaban J connectivity index is 2.60. The fourth-order valence-corrected chi connectivity index (χ4v) is 2.43. The molecule has 0 bridgehead atoms. The highest BCUT2D eigenvalue weighted by atomic mass is 16.2. The summed E-state index contributed by atoms with van der Waals surface area (Å²) in [5, 5.41) is 5.89. The lowest BCUT2D eigenvalue weighted by atomic mass is 10.1. The Hall–Kier alpha value is -1.55. The van der Waals surface area contributed by atoms with Crippen molar-refractivity contribution in [2.24, 2.45) is 0 Å². The number of hydrogen-bond acceptors (Lipinski definition) is 2. The number of amides is 2. The summed E-state index contributed by atoms with van der Waals surface area (Å²) in [6.45, 7) is 9.73. The van der Waals surface area contributed by atoms with Crippen LogP contribution in [0.25, 0.3) is 0 Å². The van der Waals surface area contributed by atoms with E-state index >= 15 is 0 Å². The highest BCUT2D eigenvalue weighted by Crippen LogP contribution is 2.19. The van der Waals surface area contributed by atoms with Gasteiger partial charge in [-0.1, -0.05) is 57.5 Å². The topological polar surface area (TPSA) is 44.4 Å². The lowest BCUT2D eigenvalue weighted by molar-refractivity contribution is 0.206. The largest absolute Gasteiger partial charge is 0.338 e. The third kappa shape index (κ3) is 6.17. The number of benzene rings is 1. The first-order chi connectivity index (χ1) is 10.2. The maximum absolute atomic E-state index is 11.8. The Bertz CT molecular complexity index is 390. The van der Waals surface area contributed by atoms with E-state index < -0.39 is 0 Å². The number of carbonyl (C=O) groups excluding carboxylic acids is 1. The van der Waals surface area contributed by atoms with E-state index in [1.165, 1.54) is 5.56 Å². The summed E-state index contributed by atoms with van der Waals surface area (Å²) in [5.74, 6) is 0. The molecule has 0 saturated carbocycles. The van der Waals surface area contributed by atoms with Gasteiger partial charge in [-0.3, -0.25) is 4.90 Å². The standard InChI is InChI=1S/C17H29N3O/c1-4-7-13-18-17(21)19-14-16(20(5-2)6-3)15-11-9-8-10-12-15/h8-12,16H,4-7,13-14H2,1-3H3,(H2,18,19,21). The second kappa shape index (κ2) is 10.2. The van der Waals surface area contributed by atoms with E-state index in [2.05, 4.69) is 48.4 Å². The Morgan fingerprint density at radius 2 is 1.76 bits per heavy atom. The maximum Gasteiger partial charge on any atom is 0.314 e. The van der Waals surface area contributed by atoms with Crippen molar-refractivity contribution in [3.05, 3.63) is 35.9 Å². The molecule has 0 saturated heterocycles. The van der Waals surface area contributed by atoms with Gasteiger partial charge in [0.05, 0.1) is 6.04 Å². The molecule has 0 aliphatic rings. The fraction of sp³-hybridized carbons (Fsp3) is 0.588. The second-order valence-electron chi connectivity index (χ2n) is 5.14. The third-order valence-electron chi connectivity index (χ3n) is 3.71. The number of likely N-dealkylation sites (N-methyl/N-ethyl adjacent to an activating group) is 1. The number of urea groups is 1. The Morgan fingerprint density at radius 3 is 2.33 bits per heavy atom. The third-order valence-corrected chi connectivity index (χ3v) is 3.71. The van der Waals surface area contributed by atoms with Gasteiger partial charge in [-0.2, -0.15) is 0 Å². The molecular weight excluding hydrogens is 262 g/mol. The van der Waals surface area contributed by atoms with Crippen LogP contribution in [-0.2, 0) is 0 Å². The van der Waals surface area contributed by atoms with Crippen LogP contribution in [0.5, 0.6) is 0 Å². The van der Waals surface area contributed by atoms with Crippen LogP contribution < -0.4 is 10.6 Å². The van der Waals surface area contributed by atoms with Crippen molar-refractivity contribution in [2.75, 3.05) is 26.2 Å². The van der Waals surface area contributed by atoms with Crippen LogP contribution in [0.2, 0.25) is 0 Å². The lowest BCUT2D eigenvalue weighted by Crippen LogP contribution is -2.42. The van der Waals surface area contributed by atoms with Crippen molar-refractivity contribution in [2.45, 2.75) is 39.7 Å². The minimum absolute atomic E-state index is 0.0727. The van der Waals surface area contributed by atoms with Crippen LogP contribution in [0, 0.1) is 0 Å². The normalized spacial score (nSPS) is 12.2. The van der Waals surface area contributed by atoms with Crippen molar-refractivity contribution < 1.29 is 4.79 Å². The van der Waals surface area contributed by atoms with Gasteiger partial charge in [0.1, 0.15) is 0 Å². The molecule has 1 aromatic rings. The van der Waals surface area contributed by atoms with Crippen LogP contribution in [0.4, 0.5) is 4.79 Å². The van der Waals surface area contributed by atoms with Gasteiger partial charge in [-0.25, -0.2) is 4.79 Å². The molecule has 0 spiro atoms. The van der Waals surface area contributed by atoms with E-state index in [1.807, 2.05) is 18.2 Å². The van der Waals surface area contributed by atoms with Crippen molar-refractivity contribution in [3.8, 4) is 0 Å². The molecule has 1 aromatic carbocycles. The van der Waals surface area contributed by atoms with Crippen LogP contribution in [0.15, 0.2) is 30.3 Å². The van der Waals surface area contributed by atoms with E-state index in [0.29, 0.717) is 6.54 Å². The predicted molar refractivity (Wildman–Crippen MR) is 88.4 cm³/mol. The smallest absolute Gasteiger partial charge is 0.314 e. The first-order valence-corrected chi connectivity index (χ1v) is 8.03. The van der Waals surface area contributed by atoms with Gasteiger partial charge in [-0.05, 0) is 25.1 Å². The lowest BCUT2D eigenvalue weighted by Gasteiger charge is -2.30. The van der Waals surface area contributed by atoms with Crippen LogP contribution >= 0.6 is 0 Å². The molecule has 2 amide bonds. The van der Waals surface area contributed by atoms with E-state index in [1.54, 1.807) is 0 Å². The number of unbranched alkanes of at least 4 members (excludes halogenated alkanes) is 1. The van der Waals surface area contributed by atoms with Crippen LogP contribution in [0.1, 0.15) is 45.2 Å². The van der Waals surface area contributed by atoms with Gasteiger partial charge in [-0.15, -0.1) is 0 Å². The van der Waals surface area contributed by atoms with Gasteiger partial charge in [0.15, 0.2) is 0 Å². The number of carbonyl (C=O) groups is 1. The molecule has 118 valence electrons. The molecule has 0 radical (unpaired) electrons. The average molecular weight is 291 g/mol. The molecule has 0 aromatic heterocycles. The summed E-state index contributed by atoms with van der Waals surface area (Å²) in [5.41, 5.74) is 1.25. The molecule has 1 rings (SSSR count). The number of nitrogens with zero attached hydrogens (tertiary/aromatic N) is 1. The molecule has 21 heavy (non-hydrogen) atoms. The highest BCUT2D eigenvalue weighted by molar-refractivity contribution is 5.73. The zero-order chi connectivity index (χ0) is 15.5. The molecule has 0 aliphatic heterocycles. The molecule has 2 N–H and O–H groups in total. The Kier molecular flexibility index (Phi) is 8.51. The number of nitrogens with one attached hydrogen (secondary N) is 2. The van der Waals surface area contributed by atoms with Gasteiger partial charge >= 0.3 is 6.03 Å². The van der Waals surface area contributed by atoms with Crippen LogP contribution in [0.3, 0.4) is 0 Å². The summed E-state index contributed by atoms with van der Waals surface area (Å²) in [6, 6.07) is 10.5. The van der Waals surface area contributed by atoms with E-state index in [0.717, 1.165) is 32.5 Å². The molecule has 1 unspecified atom stereocenters. The fourth-order valence-electron chi connectivity index (χ4n) is 2.43. The SMILES string of the molecule is CCCCNC(=O)NCC(c1ccccc1)N(CC)CC. The zero-order valence-electron chi connectivity index (χ0n) is 13.6. The van der Waals surface area contributed by atoms with E-state index in [-0.39, 0.29) is 12.1 Å². The molecule has 0 heterocycles. The number of rotatable bonds is 9. The predicted octanol–water partition coefficient (Wildman–Crippen LogP) is 3.17. The first-order valence-electron chi connectivity index (χ1n) is 8.03. The molecule has 0 aliphatic carbocycles. The average Bonchev–Trinajstić information content (AvgIpc) is 2.52. The minimum Gasteiger partial charge on any atom is -0.338 e. The summed E-state index contributed by atoms with van der Waals surface area (Å²) in [4.78, 5) is 14.2. The van der Waals surface area contributed by atoms with E-state index in [9.17, 15) is 4.79 Å². The van der Waals surface area contributed by atoms with Gasteiger partial charge in [0.2, 0.25) is 0 Å². The molecule has 0 fully saturated rings. The number of hydrogen-bond donors (Lipinski definition) is 2. The quantitative estimate of drug-likeness (QED) is 0.686. The molecular formula is C17H29N3O. The molecule has 4 nitrogen and oxygen atoms in total.